The van der Waals surface area contributed by atoms with E-state index in [1.165, 1.54) is 30.2 Å². The first-order chi connectivity index (χ1) is 15.5. The summed E-state index contributed by atoms with van der Waals surface area (Å²) < 4.78 is 1.57. The van der Waals surface area contributed by atoms with Crippen molar-refractivity contribution in [2.75, 3.05) is 32.7 Å². The van der Waals surface area contributed by atoms with E-state index in [1.54, 1.807) is 28.9 Å². The number of nitrogens with zero attached hydrogens (tertiary/aromatic N) is 4. The second-order valence-corrected chi connectivity index (χ2v) is 8.64. The molecule has 1 N–H and O–H groups in total. The van der Waals surface area contributed by atoms with Crippen molar-refractivity contribution < 1.29 is 14.4 Å². The maximum atomic E-state index is 12.9. The minimum atomic E-state index is -0.272. The Balaban J connectivity index is 1.29. The summed E-state index contributed by atoms with van der Waals surface area (Å²) in [6.07, 6.45) is 4.68. The molecule has 0 saturated carbocycles. The molecule has 1 atom stereocenters. The van der Waals surface area contributed by atoms with Crippen molar-refractivity contribution in [3.8, 4) is 0 Å². The van der Waals surface area contributed by atoms with E-state index in [0.29, 0.717) is 36.9 Å². The average molecular weight is 438 g/mol. The van der Waals surface area contributed by atoms with Crippen molar-refractivity contribution in [3.05, 3.63) is 53.3 Å². The molecule has 2 aliphatic rings. The summed E-state index contributed by atoms with van der Waals surface area (Å²) in [5.74, 6) is -0.641. The molecule has 0 spiro atoms. The van der Waals surface area contributed by atoms with Crippen LogP contribution in [0.1, 0.15) is 63.9 Å². The zero-order valence-corrected chi connectivity index (χ0v) is 18.6. The highest BCUT2D eigenvalue weighted by molar-refractivity contribution is 6.03. The third-order valence-electron chi connectivity index (χ3n) is 6.38. The van der Waals surface area contributed by atoms with Gasteiger partial charge < -0.3 is 15.1 Å². The first kappa shape index (κ1) is 22.2. The average Bonchev–Trinajstić information content (AvgIpc) is 3.25. The molecule has 8 nitrogen and oxygen atoms in total. The van der Waals surface area contributed by atoms with Crippen molar-refractivity contribution in [2.24, 2.45) is 0 Å². The van der Waals surface area contributed by atoms with E-state index in [1.807, 2.05) is 6.07 Å². The molecule has 1 fully saturated rings. The van der Waals surface area contributed by atoms with Gasteiger partial charge in [-0.3, -0.25) is 19.1 Å². The number of ketones is 1. The van der Waals surface area contributed by atoms with E-state index >= 15 is 0 Å². The lowest BCUT2D eigenvalue weighted by Crippen LogP contribution is -2.43. The van der Waals surface area contributed by atoms with Crippen LogP contribution in [0.2, 0.25) is 0 Å². The van der Waals surface area contributed by atoms with Gasteiger partial charge in [-0.1, -0.05) is 36.8 Å². The van der Waals surface area contributed by atoms with Gasteiger partial charge in [0.25, 0.3) is 11.8 Å². The second-order valence-electron chi connectivity index (χ2n) is 8.64. The standard InChI is InChI=1S/C24H31N5O3/c1-18-8-5-6-12-27(18)13-7-11-25-23(31)20-16-21-24(32)28(14-15-29(21)26-20)17-22(30)19-9-3-2-4-10-19/h2-4,9-10,16,18H,5-8,11-15,17H2,1H3,(H,25,31). The first-order valence-corrected chi connectivity index (χ1v) is 11.5. The molecule has 2 aliphatic heterocycles. The van der Waals surface area contributed by atoms with Crippen molar-refractivity contribution in [1.29, 1.82) is 0 Å². The van der Waals surface area contributed by atoms with Crippen LogP contribution in [0.4, 0.5) is 0 Å². The lowest BCUT2D eigenvalue weighted by molar-refractivity contribution is 0.0658. The van der Waals surface area contributed by atoms with Crippen LogP contribution in [0.3, 0.4) is 0 Å². The predicted octanol–water partition coefficient (Wildman–Crippen LogP) is 2.22. The summed E-state index contributed by atoms with van der Waals surface area (Å²) in [5.41, 5.74) is 1.18. The van der Waals surface area contributed by atoms with Crippen LogP contribution in [0.5, 0.6) is 0 Å². The Morgan fingerprint density at radius 2 is 1.94 bits per heavy atom. The van der Waals surface area contributed by atoms with Gasteiger partial charge in [0.1, 0.15) is 5.69 Å². The third kappa shape index (κ3) is 5.07. The normalized spacial score (nSPS) is 19.0. The quantitative estimate of drug-likeness (QED) is 0.505. The smallest absolute Gasteiger partial charge is 0.272 e. The molecule has 0 aliphatic carbocycles. The number of nitrogens with one attached hydrogen (secondary N) is 1. The van der Waals surface area contributed by atoms with E-state index in [9.17, 15) is 14.4 Å². The fourth-order valence-electron chi connectivity index (χ4n) is 4.45. The van der Waals surface area contributed by atoms with E-state index in [4.69, 9.17) is 0 Å². The Hall–Kier alpha value is -3.00. The molecule has 1 saturated heterocycles. The number of Topliss-reactive ketones (excluding diaryl/α,β-unsaturated/α-hetero) is 1. The number of hydrogen-bond donors (Lipinski definition) is 1. The Kier molecular flexibility index (Phi) is 6.99. The summed E-state index contributed by atoms with van der Waals surface area (Å²) in [6.45, 7) is 5.82. The number of hydrogen-bond acceptors (Lipinski definition) is 5. The second kappa shape index (κ2) is 10.1. The number of piperidine rings is 1. The summed E-state index contributed by atoms with van der Waals surface area (Å²) in [7, 11) is 0. The number of fused-ring (bicyclic) bond motifs is 1. The summed E-state index contributed by atoms with van der Waals surface area (Å²) in [5, 5.41) is 7.24. The number of benzene rings is 1. The monoisotopic (exact) mass is 437 g/mol. The minimum absolute atomic E-state index is 0.0183. The Morgan fingerprint density at radius 3 is 2.72 bits per heavy atom. The molecule has 0 bridgehead atoms. The predicted molar refractivity (Wildman–Crippen MR) is 121 cm³/mol. The molecule has 1 unspecified atom stereocenters. The lowest BCUT2D eigenvalue weighted by Gasteiger charge is -2.33. The number of aromatic nitrogens is 2. The van der Waals surface area contributed by atoms with Gasteiger partial charge in [-0.15, -0.1) is 0 Å². The van der Waals surface area contributed by atoms with Crippen LogP contribution in [0, 0.1) is 0 Å². The fraction of sp³-hybridized carbons (Fsp3) is 0.500. The molecule has 32 heavy (non-hydrogen) atoms. The molecule has 2 aromatic rings. The van der Waals surface area contributed by atoms with Crippen LogP contribution in [-0.2, 0) is 6.54 Å². The number of amides is 2. The highest BCUT2D eigenvalue weighted by Crippen LogP contribution is 2.17. The van der Waals surface area contributed by atoms with Gasteiger partial charge in [0.15, 0.2) is 11.5 Å². The van der Waals surface area contributed by atoms with Crippen LogP contribution in [-0.4, -0.2) is 75.9 Å². The molecular formula is C24H31N5O3. The van der Waals surface area contributed by atoms with Gasteiger partial charge in [0, 0.05) is 37.3 Å². The van der Waals surface area contributed by atoms with E-state index in [0.717, 1.165) is 19.5 Å². The maximum Gasteiger partial charge on any atom is 0.272 e. The third-order valence-corrected chi connectivity index (χ3v) is 6.38. The first-order valence-electron chi connectivity index (χ1n) is 11.5. The fourth-order valence-corrected chi connectivity index (χ4v) is 4.45. The zero-order valence-electron chi connectivity index (χ0n) is 18.6. The zero-order chi connectivity index (χ0) is 22.5. The van der Waals surface area contributed by atoms with Gasteiger partial charge in [0.05, 0.1) is 13.1 Å². The molecule has 2 amide bonds. The molecule has 170 valence electrons. The highest BCUT2D eigenvalue weighted by Gasteiger charge is 2.29. The molecule has 8 heteroatoms. The molecule has 1 aromatic carbocycles. The van der Waals surface area contributed by atoms with Gasteiger partial charge in [-0.25, -0.2) is 0 Å². The molecule has 4 rings (SSSR count). The van der Waals surface area contributed by atoms with Crippen molar-refractivity contribution in [3.63, 3.8) is 0 Å². The Bertz CT molecular complexity index is 971. The topological polar surface area (TPSA) is 87.5 Å². The number of carbonyl (C=O) groups is 3. The Morgan fingerprint density at radius 1 is 1.12 bits per heavy atom. The maximum absolute atomic E-state index is 12.9. The number of likely N-dealkylation sites (tertiary alicyclic amines) is 1. The molecule has 3 heterocycles. The molecule has 1 aromatic heterocycles. The van der Waals surface area contributed by atoms with Gasteiger partial charge in [0.2, 0.25) is 0 Å². The van der Waals surface area contributed by atoms with Crippen LogP contribution >= 0.6 is 0 Å². The minimum Gasteiger partial charge on any atom is -0.351 e. The van der Waals surface area contributed by atoms with Crippen molar-refractivity contribution in [1.82, 2.24) is 24.9 Å². The van der Waals surface area contributed by atoms with E-state index in [-0.39, 0.29) is 29.8 Å². The number of rotatable bonds is 8. The Labute approximate surface area is 188 Å². The summed E-state index contributed by atoms with van der Waals surface area (Å²) >= 11 is 0. The lowest BCUT2D eigenvalue weighted by atomic mass is 10.0. The van der Waals surface area contributed by atoms with Crippen LogP contribution in [0.25, 0.3) is 0 Å². The highest BCUT2D eigenvalue weighted by atomic mass is 16.2. The van der Waals surface area contributed by atoms with Gasteiger partial charge >= 0.3 is 0 Å². The largest absolute Gasteiger partial charge is 0.351 e. The molecule has 0 radical (unpaired) electrons. The van der Waals surface area contributed by atoms with E-state index < -0.39 is 0 Å². The van der Waals surface area contributed by atoms with Gasteiger partial charge in [-0.05, 0) is 32.7 Å². The summed E-state index contributed by atoms with van der Waals surface area (Å²) in [6, 6.07) is 11.1. The van der Waals surface area contributed by atoms with Crippen LogP contribution in [0.15, 0.2) is 36.4 Å². The molecular weight excluding hydrogens is 406 g/mol. The van der Waals surface area contributed by atoms with Crippen molar-refractivity contribution in [2.45, 2.75) is 45.2 Å². The number of carbonyl (C=O) groups excluding carboxylic acids is 3. The van der Waals surface area contributed by atoms with E-state index in [2.05, 4.69) is 22.2 Å². The van der Waals surface area contributed by atoms with Gasteiger partial charge in [-0.2, -0.15) is 5.10 Å². The van der Waals surface area contributed by atoms with Crippen LogP contribution < -0.4 is 5.32 Å². The van der Waals surface area contributed by atoms with Crippen molar-refractivity contribution >= 4 is 17.6 Å². The SMILES string of the molecule is CC1CCCCN1CCCNC(=O)c1cc2n(n1)CCN(CC(=O)c1ccccc1)C2=O. The summed E-state index contributed by atoms with van der Waals surface area (Å²) in [4.78, 5) is 41.9.